The molecule has 1 aliphatic rings. The number of carboxylic acids is 1. The molecule has 228 valence electrons. The molecule has 0 bridgehead atoms. The van der Waals surface area contributed by atoms with Gasteiger partial charge in [0, 0.05) is 57.3 Å². The molecule has 1 aromatic heterocycles. The maximum absolute atomic E-state index is 13.4. The molecule has 0 unspecified atom stereocenters. The highest BCUT2D eigenvalue weighted by molar-refractivity contribution is 6.31. The van der Waals surface area contributed by atoms with Crippen LogP contribution < -0.4 is 9.64 Å². The van der Waals surface area contributed by atoms with E-state index >= 15 is 0 Å². The van der Waals surface area contributed by atoms with Crippen LogP contribution in [0.2, 0.25) is 0 Å². The molecule has 0 fully saturated rings. The summed E-state index contributed by atoms with van der Waals surface area (Å²) < 4.78 is 5.97. The maximum Gasteiger partial charge on any atom is 0.394 e. The van der Waals surface area contributed by atoms with Crippen LogP contribution in [0.1, 0.15) is 50.0 Å². The largest absolute Gasteiger partial charge is 0.493 e. The van der Waals surface area contributed by atoms with Crippen LogP contribution in [0.25, 0.3) is 11.1 Å². The second-order valence-electron chi connectivity index (χ2n) is 11.8. The number of rotatable bonds is 7. The van der Waals surface area contributed by atoms with Crippen LogP contribution in [0.15, 0.2) is 67.0 Å². The SMILES string of the molecule is CC(C)COc1cccc(-c2ccc3c(c2)N(CC(C)C)CCCN(C(=O)c2cccnc2)CCN(C(=O)C(=O)O)C3)c1. The molecule has 0 atom stereocenters. The Bertz CT molecular complexity index is 1410. The van der Waals surface area contributed by atoms with Crippen molar-refractivity contribution in [3.8, 4) is 16.9 Å². The van der Waals surface area contributed by atoms with Crippen molar-refractivity contribution in [2.24, 2.45) is 11.8 Å². The van der Waals surface area contributed by atoms with Crippen LogP contribution in [0.3, 0.4) is 0 Å². The standard InChI is InChI=1S/C34H42N4O5/c1-24(2)21-37-15-7-14-36(32(39)28-9-6-13-35-20-28)16-17-38(33(40)34(41)42)22-29-12-11-27(19-31(29)37)26-8-5-10-30(18-26)43-23-25(3)4/h5-6,8-13,18-20,24-25H,7,14-17,21-23H2,1-4H3,(H,41,42). The molecule has 1 N–H and O–H groups in total. The van der Waals surface area contributed by atoms with Crippen molar-refractivity contribution in [2.75, 3.05) is 44.2 Å². The topological polar surface area (TPSA) is 103 Å². The Morgan fingerprint density at radius 1 is 0.884 bits per heavy atom. The van der Waals surface area contributed by atoms with E-state index in [2.05, 4.69) is 43.6 Å². The lowest BCUT2D eigenvalue weighted by Gasteiger charge is -2.30. The third-order valence-electron chi connectivity index (χ3n) is 7.29. The number of anilines is 1. The maximum atomic E-state index is 13.4. The number of aromatic nitrogens is 1. The monoisotopic (exact) mass is 586 g/mol. The molecule has 2 aromatic carbocycles. The fraction of sp³-hybridized carbons (Fsp3) is 0.412. The minimum Gasteiger partial charge on any atom is -0.493 e. The van der Waals surface area contributed by atoms with Gasteiger partial charge in [-0.1, -0.05) is 52.0 Å². The van der Waals surface area contributed by atoms with Crippen LogP contribution in [0.4, 0.5) is 5.69 Å². The Kier molecular flexibility index (Phi) is 10.8. The van der Waals surface area contributed by atoms with Gasteiger partial charge in [0.05, 0.1) is 12.2 Å². The lowest BCUT2D eigenvalue weighted by Crippen LogP contribution is -2.43. The predicted molar refractivity (Wildman–Crippen MR) is 167 cm³/mol. The van der Waals surface area contributed by atoms with Gasteiger partial charge >= 0.3 is 11.9 Å². The number of fused-ring (bicyclic) bond motifs is 1. The van der Waals surface area contributed by atoms with Gasteiger partial charge in [0.2, 0.25) is 0 Å². The molecular weight excluding hydrogens is 544 g/mol. The average Bonchev–Trinajstić information content (AvgIpc) is 3.03. The van der Waals surface area contributed by atoms with Crippen LogP contribution in [0.5, 0.6) is 5.75 Å². The van der Waals surface area contributed by atoms with Crippen LogP contribution >= 0.6 is 0 Å². The number of ether oxygens (including phenoxy) is 1. The molecule has 0 spiro atoms. The molecular formula is C34H42N4O5. The Morgan fingerprint density at radius 2 is 1.65 bits per heavy atom. The van der Waals surface area contributed by atoms with Gasteiger partial charge in [-0.15, -0.1) is 0 Å². The molecule has 2 heterocycles. The van der Waals surface area contributed by atoms with Gasteiger partial charge in [-0.05, 0) is 65.3 Å². The van der Waals surface area contributed by atoms with Crippen LogP contribution in [-0.2, 0) is 16.1 Å². The summed E-state index contributed by atoms with van der Waals surface area (Å²) in [6.07, 6.45) is 3.84. The Labute approximate surface area is 254 Å². The average molecular weight is 587 g/mol. The Balaban J connectivity index is 1.72. The first-order valence-corrected chi connectivity index (χ1v) is 14.9. The summed E-state index contributed by atoms with van der Waals surface area (Å²) in [5.74, 6) is -1.14. The number of aliphatic carboxylic acids is 1. The third-order valence-corrected chi connectivity index (χ3v) is 7.29. The first kappa shape index (κ1) is 31.5. The summed E-state index contributed by atoms with van der Waals surface area (Å²) >= 11 is 0. The number of carbonyl (C=O) groups is 3. The number of hydrogen-bond donors (Lipinski definition) is 1. The summed E-state index contributed by atoms with van der Waals surface area (Å²) in [6.45, 7) is 11.5. The molecule has 4 rings (SSSR count). The van der Waals surface area contributed by atoms with Gasteiger partial charge in [-0.2, -0.15) is 0 Å². The van der Waals surface area contributed by atoms with Crippen molar-refractivity contribution in [1.82, 2.24) is 14.8 Å². The summed E-state index contributed by atoms with van der Waals surface area (Å²) in [6, 6.07) is 17.6. The van der Waals surface area contributed by atoms with Gasteiger partial charge in [0.1, 0.15) is 5.75 Å². The van der Waals surface area contributed by atoms with E-state index in [-0.39, 0.29) is 25.5 Å². The molecule has 0 saturated carbocycles. The minimum atomic E-state index is -1.52. The van der Waals surface area contributed by atoms with E-state index in [0.29, 0.717) is 43.5 Å². The van der Waals surface area contributed by atoms with Gasteiger partial charge in [-0.25, -0.2) is 4.79 Å². The van der Waals surface area contributed by atoms with Gasteiger partial charge in [0.25, 0.3) is 5.91 Å². The highest BCUT2D eigenvalue weighted by Gasteiger charge is 2.27. The number of nitrogens with zero attached hydrogens (tertiary/aromatic N) is 4. The first-order valence-electron chi connectivity index (χ1n) is 14.9. The fourth-order valence-electron chi connectivity index (χ4n) is 5.22. The van der Waals surface area contributed by atoms with E-state index in [9.17, 15) is 19.5 Å². The Hall–Kier alpha value is -4.40. The third kappa shape index (κ3) is 8.56. The molecule has 9 nitrogen and oxygen atoms in total. The zero-order chi connectivity index (χ0) is 30.9. The van der Waals surface area contributed by atoms with E-state index in [1.807, 2.05) is 36.4 Å². The zero-order valence-electron chi connectivity index (χ0n) is 25.5. The van der Waals surface area contributed by atoms with E-state index < -0.39 is 11.9 Å². The van der Waals surface area contributed by atoms with E-state index in [0.717, 1.165) is 34.7 Å². The summed E-state index contributed by atoms with van der Waals surface area (Å²) in [4.78, 5) is 47.5. The van der Waals surface area contributed by atoms with E-state index in [1.54, 1.807) is 23.2 Å². The summed E-state index contributed by atoms with van der Waals surface area (Å²) in [5, 5.41) is 9.64. The number of carbonyl (C=O) groups excluding carboxylic acids is 2. The molecule has 2 amide bonds. The molecule has 1 aliphatic heterocycles. The van der Waals surface area contributed by atoms with Gasteiger partial charge in [0.15, 0.2) is 0 Å². The Morgan fingerprint density at radius 3 is 2.35 bits per heavy atom. The quantitative estimate of drug-likeness (QED) is 0.380. The smallest absolute Gasteiger partial charge is 0.394 e. The molecule has 0 aliphatic carbocycles. The van der Waals surface area contributed by atoms with E-state index in [4.69, 9.17) is 4.74 Å². The summed E-state index contributed by atoms with van der Waals surface area (Å²) in [5.41, 5.74) is 4.28. The molecule has 0 saturated heterocycles. The lowest BCUT2D eigenvalue weighted by atomic mass is 10.00. The predicted octanol–water partition coefficient (Wildman–Crippen LogP) is 5.21. The van der Waals surface area contributed by atoms with Crippen molar-refractivity contribution in [3.05, 3.63) is 78.1 Å². The van der Waals surface area contributed by atoms with E-state index in [1.165, 1.54) is 11.1 Å². The van der Waals surface area contributed by atoms with Crippen molar-refractivity contribution in [1.29, 1.82) is 0 Å². The molecule has 43 heavy (non-hydrogen) atoms. The molecule has 0 radical (unpaired) electrons. The lowest BCUT2D eigenvalue weighted by molar-refractivity contribution is -0.156. The van der Waals surface area contributed by atoms with Gasteiger partial charge < -0.3 is 24.5 Å². The molecule has 3 aromatic rings. The second-order valence-corrected chi connectivity index (χ2v) is 11.8. The summed E-state index contributed by atoms with van der Waals surface area (Å²) in [7, 11) is 0. The fourth-order valence-corrected chi connectivity index (χ4v) is 5.22. The van der Waals surface area contributed by atoms with Crippen molar-refractivity contribution < 1.29 is 24.2 Å². The van der Waals surface area contributed by atoms with Crippen molar-refractivity contribution >= 4 is 23.5 Å². The normalized spacial score (nSPS) is 14.3. The highest BCUT2D eigenvalue weighted by Crippen LogP contribution is 2.32. The number of benzene rings is 2. The van der Waals surface area contributed by atoms with Crippen molar-refractivity contribution in [3.63, 3.8) is 0 Å². The minimum absolute atomic E-state index is 0.0950. The number of hydrogen-bond acceptors (Lipinski definition) is 6. The molecule has 9 heteroatoms. The highest BCUT2D eigenvalue weighted by atomic mass is 16.5. The van der Waals surface area contributed by atoms with Crippen LogP contribution in [0, 0.1) is 11.8 Å². The van der Waals surface area contributed by atoms with Crippen LogP contribution in [-0.4, -0.2) is 77.0 Å². The first-order chi connectivity index (χ1) is 20.6. The second kappa shape index (κ2) is 14.7. The zero-order valence-corrected chi connectivity index (χ0v) is 25.5. The number of carboxylic acid groups (broad SMARTS) is 1. The van der Waals surface area contributed by atoms with Gasteiger partial charge in [-0.3, -0.25) is 14.6 Å². The van der Waals surface area contributed by atoms with Crippen molar-refractivity contribution in [2.45, 2.75) is 40.7 Å². The number of pyridine rings is 1. The number of amides is 2.